The molecule has 6 nitrogen and oxygen atoms in total. The van der Waals surface area contributed by atoms with E-state index in [2.05, 4.69) is 115 Å². The highest BCUT2D eigenvalue weighted by atomic mass is 32.2. The fraction of sp³-hybridized carbons (Fsp3) is 0.486. The van der Waals surface area contributed by atoms with Crippen LogP contribution in [-0.4, -0.2) is 40.6 Å². The van der Waals surface area contributed by atoms with E-state index < -0.39 is 8.32 Å². The zero-order valence-electron chi connectivity index (χ0n) is 29.0. The highest BCUT2D eigenvalue weighted by Gasteiger charge is 2.47. The van der Waals surface area contributed by atoms with E-state index in [0.29, 0.717) is 16.6 Å². The highest BCUT2D eigenvalue weighted by molar-refractivity contribution is 7.99. The number of carbonyl (C=O) groups excluding carboxylic acids is 1. The van der Waals surface area contributed by atoms with Crippen molar-refractivity contribution in [1.29, 1.82) is 0 Å². The van der Waals surface area contributed by atoms with E-state index in [1.165, 1.54) is 0 Å². The van der Waals surface area contributed by atoms with Crippen LogP contribution in [0, 0.1) is 0 Å². The molecule has 0 radical (unpaired) electrons. The van der Waals surface area contributed by atoms with Crippen LogP contribution in [0.3, 0.4) is 0 Å². The Morgan fingerprint density at radius 3 is 1.56 bits per heavy atom. The summed E-state index contributed by atoms with van der Waals surface area (Å²) in [6.45, 7) is 26.3. The van der Waals surface area contributed by atoms with Gasteiger partial charge in [0, 0.05) is 47.3 Å². The van der Waals surface area contributed by atoms with Crippen molar-refractivity contribution >= 4 is 48.9 Å². The van der Waals surface area contributed by atoms with Crippen LogP contribution in [-0.2, 0) is 11.3 Å². The molecule has 1 heterocycles. The van der Waals surface area contributed by atoms with Gasteiger partial charge in [0.25, 0.3) is 8.32 Å². The second-order valence-electron chi connectivity index (χ2n) is 12.7. The van der Waals surface area contributed by atoms with Crippen molar-refractivity contribution in [3.63, 3.8) is 0 Å². The largest absolute Gasteiger partial charge is 0.543 e. The maximum absolute atomic E-state index is 13.9. The van der Waals surface area contributed by atoms with Crippen molar-refractivity contribution in [2.24, 2.45) is 0 Å². The van der Waals surface area contributed by atoms with Gasteiger partial charge in [-0.3, -0.25) is 0 Å². The summed E-state index contributed by atoms with van der Waals surface area (Å²) in [6.07, 6.45) is -0.379. The average Bonchev–Trinajstić information content (AvgIpc) is 3.02. The lowest BCUT2D eigenvalue weighted by Crippen LogP contribution is -2.50. The highest BCUT2D eigenvalue weighted by Crippen LogP contribution is 2.50. The molecule has 0 saturated carbocycles. The summed E-state index contributed by atoms with van der Waals surface area (Å²) in [4.78, 5) is 22.4. The molecule has 1 amide bonds. The second-order valence-corrected chi connectivity index (χ2v) is 19.2. The number of carbonyl (C=O) groups is 1. The van der Waals surface area contributed by atoms with Crippen LogP contribution in [0.1, 0.15) is 74.8 Å². The molecule has 0 aliphatic carbocycles. The van der Waals surface area contributed by atoms with E-state index >= 15 is 0 Å². The van der Waals surface area contributed by atoms with Crippen molar-refractivity contribution in [1.82, 2.24) is 0 Å². The Balaban J connectivity index is 1.60. The Labute approximate surface area is 277 Å². The third kappa shape index (κ3) is 7.17. The zero-order chi connectivity index (χ0) is 32.9. The van der Waals surface area contributed by atoms with Crippen LogP contribution in [0.2, 0.25) is 16.6 Å². The molecule has 244 valence electrons. The van der Waals surface area contributed by atoms with Crippen molar-refractivity contribution < 1.29 is 14.0 Å². The molecule has 3 aromatic carbocycles. The van der Waals surface area contributed by atoms with Gasteiger partial charge in [0.15, 0.2) is 0 Å². The Morgan fingerprint density at radius 2 is 1.16 bits per heavy atom. The van der Waals surface area contributed by atoms with E-state index in [0.717, 1.165) is 70.0 Å². The minimum absolute atomic E-state index is 0.184. The first-order valence-electron chi connectivity index (χ1n) is 16.7. The number of hydrogen-bond donors (Lipinski definition) is 0. The number of fused-ring (bicyclic) bond motifs is 2. The molecule has 1 aliphatic rings. The molecule has 8 heteroatoms. The van der Waals surface area contributed by atoms with E-state index in [-0.39, 0.29) is 12.7 Å². The van der Waals surface area contributed by atoms with Gasteiger partial charge in [-0.25, -0.2) is 9.69 Å². The van der Waals surface area contributed by atoms with Gasteiger partial charge in [0.05, 0.1) is 11.4 Å². The maximum Gasteiger partial charge on any atom is 0.419 e. The Kier molecular flexibility index (Phi) is 11.6. The molecular formula is C37H53N3O3SSi. The van der Waals surface area contributed by atoms with E-state index in [1.54, 1.807) is 16.7 Å². The van der Waals surface area contributed by atoms with Crippen LogP contribution >= 0.6 is 11.8 Å². The van der Waals surface area contributed by atoms with E-state index in [4.69, 9.17) is 9.16 Å². The zero-order valence-corrected chi connectivity index (χ0v) is 30.8. The fourth-order valence-corrected chi connectivity index (χ4v) is 13.4. The second kappa shape index (κ2) is 15.0. The van der Waals surface area contributed by atoms with Crippen molar-refractivity contribution in [3.8, 4) is 5.75 Å². The third-order valence-electron chi connectivity index (χ3n) is 9.32. The van der Waals surface area contributed by atoms with Gasteiger partial charge in [-0.05, 0) is 98.4 Å². The van der Waals surface area contributed by atoms with Gasteiger partial charge in [0.1, 0.15) is 12.4 Å². The standard InChI is InChI=1S/C37H53N3O3SSi/c1-11-38(12-2)30-17-21-33-35(23-30)44-36-24-31(39(13-3)14-4)18-22-34(36)40(33)37(41)42-25-29-15-19-32(20-16-29)43-45(26(5)6,27(7)8)28(9)10/h15-24,26-28H,11-14,25H2,1-10H3. The molecule has 0 bridgehead atoms. The molecule has 0 atom stereocenters. The van der Waals surface area contributed by atoms with Crippen LogP contribution in [0.15, 0.2) is 70.5 Å². The lowest BCUT2D eigenvalue weighted by Gasteiger charge is -2.42. The number of nitrogens with zero attached hydrogens (tertiary/aromatic N) is 3. The van der Waals surface area contributed by atoms with Crippen molar-refractivity contribution in [2.75, 3.05) is 40.9 Å². The van der Waals surface area contributed by atoms with E-state index in [1.807, 2.05) is 24.3 Å². The monoisotopic (exact) mass is 647 g/mol. The van der Waals surface area contributed by atoms with Gasteiger partial charge in [0.2, 0.25) is 0 Å². The van der Waals surface area contributed by atoms with E-state index in [9.17, 15) is 4.79 Å². The Bertz CT molecular complexity index is 1350. The first-order chi connectivity index (χ1) is 21.5. The molecule has 3 aromatic rings. The molecule has 0 fully saturated rings. The Morgan fingerprint density at radius 1 is 0.711 bits per heavy atom. The summed E-state index contributed by atoms with van der Waals surface area (Å²) in [6, 6.07) is 20.8. The van der Waals surface area contributed by atoms with Crippen LogP contribution in [0.5, 0.6) is 5.75 Å². The molecule has 45 heavy (non-hydrogen) atoms. The first-order valence-corrected chi connectivity index (χ1v) is 19.7. The summed E-state index contributed by atoms with van der Waals surface area (Å²) in [7, 11) is -2.05. The van der Waals surface area contributed by atoms with Gasteiger partial charge in [-0.1, -0.05) is 65.4 Å². The number of benzene rings is 3. The predicted molar refractivity (Wildman–Crippen MR) is 195 cm³/mol. The topological polar surface area (TPSA) is 45.2 Å². The minimum Gasteiger partial charge on any atom is -0.543 e. The number of hydrogen-bond acceptors (Lipinski definition) is 6. The van der Waals surface area contributed by atoms with Gasteiger partial charge in [-0.2, -0.15) is 0 Å². The predicted octanol–water partition coefficient (Wildman–Crippen LogP) is 10.9. The molecule has 0 aromatic heterocycles. The SMILES string of the molecule is CCN(CC)c1ccc2c(c1)Sc1cc(N(CC)CC)ccc1N2C(=O)OCc1ccc(O[Si](C(C)C)(C(C)C)C(C)C)cc1. The van der Waals surface area contributed by atoms with Crippen molar-refractivity contribution in [3.05, 3.63) is 66.2 Å². The molecule has 0 spiro atoms. The Hall–Kier alpha value is -3.10. The summed E-state index contributed by atoms with van der Waals surface area (Å²) < 4.78 is 12.8. The number of rotatable bonds is 13. The molecule has 0 saturated heterocycles. The molecule has 0 unspecified atom stereocenters. The summed E-state index contributed by atoms with van der Waals surface area (Å²) in [5.74, 6) is 0.900. The average molecular weight is 648 g/mol. The molecule has 1 aliphatic heterocycles. The van der Waals surface area contributed by atoms with Crippen LogP contribution < -0.4 is 19.1 Å². The molecule has 0 N–H and O–H groups in total. The quantitative estimate of drug-likeness (QED) is 0.172. The van der Waals surface area contributed by atoms with Crippen LogP contribution in [0.4, 0.5) is 27.5 Å². The number of anilines is 4. The smallest absolute Gasteiger partial charge is 0.419 e. The van der Waals surface area contributed by atoms with Crippen molar-refractivity contribution in [2.45, 2.75) is 102 Å². The molecular weight excluding hydrogens is 595 g/mol. The minimum atomic E-state index is -2.05. The summed E-state index contributed by atoms with van der Waals surface area (Å²) >= 11 is 1.72. The maximum atomic E-state index is 13.9. The number of amides is 1. The van der Waals surface area contributed by atoms with Gasteiger partial charge in [-0.15, -0.1) is 0 Å². The third-order valence-corrected chi connectivity index (χ3v) is 16.4. The summed E-state index contributed by atoms with van der Waals surface area (Å²) in [5.41, 5.74) is 6.44. The fourth-order valence-electron chi connectivity index (χ4n) is 6.98. The van der Waals surface area contributed by atoms with Crippen LogP contribution in [0.25, 0.3) is 0 Å². The lowest BCUT2D eigenvalue weighted by molar-refractivity contribution is 0.149. The lowest BCUT2D eigenvalue weighted by atomic mass is 10.2. The van der Waals surface area contributed by atoms with Gasteiger partial charge >= 0.3 is 6.09 Å². The molecule has 4 rings (SSSR count). The normalized spacial score (nSPS) is 12.8. The first kappa shape index (κ1) is 34.8. The number of ether oxygens (including phenoxy) is 1. The van der Waals surface area contributed by atoms with Gasteiger partial charge < -0.3 is 19.0 Å². The summed E-state index contributed by atoms with van der Waals surface area (Å²) in [5, 5.41) is 0.